The largest absolute Gasteiger partial charge is 0.382 e. The molecule has 1 aromatic carbocycles. The Kier molecular flexibility index (Phi) is 4.93. The van der Waals surface area contributed by atoms with Gasteiger partial charge in [0.15, 0.2) is 0 Å². The molecule has 9 heteroatoms. The van der Waals surface area contributed by atoms with Crippen LogP contribution in [0.5, 0.6) is 0 Å². The van der Waals surface area contributed by atoms with Gasteiger partial charge in [-0.05, 0) is 6.07 Å². The number of hydrogen-bond donors (Lipinski definition) is 1. The summed E-state index contributed by atoms with van der Waals surface area (Å²) in [7, 11) is 0. The molecule has 0 spiro atoms. The molecule has 128 valence electrons. The van der Waals surface area contributed by atoms with Crippen molar-refractivity contribution in [3.8, 4) is 0 Å². The van der Waals surface area contributed by atoms with Crippen molar-refractivity contribution in [3.05, 3.63) is 48.1 Å². The number of hydrogen-bond acceptors (Lipinski definition) is 6. The van der Waals surface area contributed by atoms with Crippen LogP contribution in [0.2, 0.25) is 0 Å². The zero-order chi connectivity index (χ0) is 17.3. The van der Waals surface area contributed by atoms with E-state index in [1.807, 2.05) is 0 Å². The molecule has 2 aromatic rings. The Morgan fingerprint density at radius 1 is 1.54 bits per heavy atom. The van der Waals surface area contributed by atoms with Gasteiger partial charge in [0.2, 0.25) is 5.12 Å². The quantitative estimate of drug-likeness (QED) is 0.840. The van der Waals surface area contributed by atoms with E-state index >= 15 is 0 Å². The van der Waals surface area contributed by atoms with Crippen molar-refractivity contribution in [2.75, 3.05) is 5.75 Å². The second kappa shape index (κ2) is 6.81. The fourth-order valence-electron chi connectivity index (χ4n) is 2.51. The summed E-state index contributed by atoms with van der Waals surface area (Å²) in [4.78, 5) is 15.4. The highest BCUT2D eigenvalue weighted by atomic mass is 32.2. The molecular weight excluding hydrogens is 356 g/mol. The zero-order valence-electron chi connectivity index (χ0n) is 12.7. The maximum Gasteiger partial charge on any atom is 0.202 e. The molecule has 2 heterocycles. The number of halogens is 2. The summed E-state index contributed by atoms with van der Waals surface area (Å²) in [6.07, 6.45) is 2.72. The van der Waals surface area contributed by atoms with Crippen LogP contribution in [0.4, 0.5) is 8.78 Å². The van der Waals surface area contributed by atoms with Gasteiger partial charge in [0.1, 0.15) is 29.9 Å². The van der Waals surface area contributed by atoms with Crippen molar-refractivity contribution in [1.29, 1.82) is 0 Å². The summed E-state index contributed by atoms with van der Waals surface area (Å²) >= 11 is 2.52. The van der Waals surface area contributed by atoms with Gasteiger partial charge >= 0.3 is 0 Å². The lowest BCUT2D eigenvalue weighted by Crippen LogP contribution is -2.44. The summed E-state index contributed by atoms with van der Waals surface area (Å²) in [5.74, 6) is -0.885. The maximum atomic E-state index is 14.3. The van der Waals surface area contributed by atoms with Crippen LogP contribution in [0.3, 0.4) is 0 Å². The van der Waals surface area contributed by atoms with Crippen molar-refractivity contribution in [2.45, 2.75) is 29.6 Å². The second-order valence-corrected chi connectivity index (χ2v) is 8.11. The minimum Gasteiger partial charge on any atom is -0.382 e. The van der Waals surface area contributed by atoms with E-state index in [4.69, 9.17) is 0 Å². The Hall–Kier alpha value is -1.45. The van der Waals surface area contributed by atoms with E-state index in [0.29, 0.717) is 5.75 Å². The Morgan fingerprint density at radius 2 is 2.33 bits per heavy atom. The molecule has 1 fully saturated rings. The predicted molar refractivity (Wildman–Crippen MR) is 88.6 cm³/mol. The maximum absolute atomic E-state index is 14.3. The van der Waals surface area contributed by atoms with Crippen LogP contribution in [0, 0.1) is 11.6 Å². The number of nitrogens with zero attached hydrogens (tertiary/aromatic N) is 3. The lowest BCUT2D eigenvalue weighted by molar-refractivity contribution is -0.111. The third-order valence-electron chi connectivity index (χ3n) is 3.95. The van der Waals surface area contributed by atoms with Gasteiger partial charge in [-0.15, -0.1) is 11.8 Å². The normalized spacial score (nSPS) is 21.2. The number of rotatable bonds is 6. The Labute approximate surface area is 145 Å². The van der Waals surface area contributed by atoms with Crippen LogP contribution in [0.1, 0.15) is 12.5 Å². The van der Waals surface area contributed by atoms with Gasteiger partial charge < -0.3 is 5.11 Å². The molecular formula is C15H15F2N3O2S2. The fraction of sp³-hybridized carbons (Fsp3) is 0.400. The first kappa shape index (κ1) is 17.4. The molecule has 3 atom stereocenters. The summed E-state index contributed by atoms with van der Waals surface area (Å²) in [6.45, 7) is 1.67. The molecule has 1 aliphatic heterocycles. The van der Waals surface area contributed by atoms with E-state index in [1.54, 1.807) is 6.92 Å². The molecule has 0 saturated carbocycles. The molecule has 0 radical (unpaired) electrons. The fourth-order valence-corrected chi connectivity index (χ4v) is 4.87. The standard InChI is InChI=1S/C15H15F2N3O2S2/c1-9(24-13-5-23-14(13)21)15(22,6-20-8-18-7-19-20)11-3-2-10(16)4-12(11)17/h2-4,7-9,13,22H,5-6H2,1H3. The van der Waals surface area contributed by atoms with Crippen LogP contribution in [0.25, 0.3) is 0 Å². The third-order valence-corrected chi connectivity index (χ3v) is 6.88. The van der Waals surface area contributed by atoms with Gasteiger partial charge in [0, 0.05) is 22.6 Å². The Balaban J connectivity index is 1.94. The molecule has 0 aliphatic carbocycles. The van der Waals surface area contributed by atoms with Gasteiger partial charge in [-0.1, -0.05) is 24.8 Å². The van der Waals surface area contributed by atoms with Crippen LogP contribution < -0.4 is 0 Å². The van der Waals surface area contributed by atoms with Crippen LogP contribution in [0.15, 0.2) is 30.9 Å². The molecule has 1 N–H and O–H groups in total. The summed E-state index contributed by atoms with van der Waals surface area (Å²) in [6, 6.07) is 3.08. The minimum atomic E-state index is -1.67. The van der Waals surface area contributed by atoms with E-state index in [2.05, 4.69) is 10.1 Å². The number of carbonyl (C=O) groups excluding carboxylic acids is 1. The molecule has 0 bridgehead atoms. The number of aliphatic hydroxyl groups is 1. The van der Waals surface area contributed by atoms with Crippen molar-refractivity contribution < 1.29 is 18.7 Å². The van der Waals surface area contributed by atoms with E-state index in [-0.39, 0.29) is 22.5 Å². The molecule has 3 unspecified atom stereocenters. The van der Waals surface area contributed by atoms with Gasteiger partial charge in [-0.25, -0.2) is 18.4 Å². The number of carbonyl (C=O) groups is 1. The average molecular weight is 371 g/mol. The number of aromatic nitrogens is 3. The molecule has 1 saturated heterocycles. The first-order valence-electron chi connectivity index (χ1n) is 7.22. The SMILES string of the molecule is CC(SC1CSC1=O)C(O)(Cn1cncn1)c1ccc(F)cc1F. The molecule has 24 heavy (non-hydrogen) atoms. The number of benzene rings is 1. The van der Waals surface area contributed by atoms with Gasteiger partial charge in [0.05, 0.1) is 11.8 Å². The van der Waals surface area contributed by atoms with E-state index in [9.17, 15) is 18.7 Å². The first-order chi connectivity index (χ1) is 11.4. The Bertz CT molecular complexity index is 744. The van der Waals surface area contributed by atoms with Crippen LogP contribution in [-0.4, -0.2) is 41.2 Å². The molecule has 1 aliphatic rings. The van der Waals surface area contributed by atoms with Crippen LogP contribution >= 0.6 is 23.5 Å². The Morgan fingerprint density at radius 3 is 2.88 bits per heavy atom. The van der Waals surface area contributed by atoms with Gasteiger partial charge in [-0.3, -0.25) is 4.79 Å². The number of thioether (sulfide) groups is 2. The highest BCUT2D eigenvalue weighted by molar-refractivity contribution is 8.20. The predicted octanol–water partition coefficient (Wildman–Crippen LogP) is 2.21. The minimum absolute atomic E-state index is 0.0289. The van der Waals surface area contributed by atoms with Crippen LogP contribution in [-0.2, 0) is 16.9 Å². The summed E-state index contributed by atoms with van der Waals surface area (Å²) < 4.78 is 28.9. The topological polar surface area (TPSA) is 68.0 Å². The monoisotopic (exact) mass is 371 g/mol. The van der Waals surface area contributed by atoms with Crippen molar-refractivity contribution in [1.82, 2.24) is 14.8 Å². The first-order valence-corrected chi connectivity index (χ1v) is 9.15. The van der Waals surface area contributed by atoms with E-state index in [1.165, 1.54) is 46.9 Å². The van der Waals surface area contributed by atoms with Crippen molar-refractivity contribution >= 4 is 28.6 Å². The second-order valence-electron chi connectivity index (χ2n) is 5.54. The van der Waals surface area contributed by atoms with Gasteiger partial charge in [0.25, 0.3) is 0 Å². The molecule has 0 amide bonds. The summed E-state index contributed by atoms with van der Waals surface area (Å²) in [5, 5.41) is 14.5. The highest BCUT2D eigenvalue weighted by Gasteiger charge is 2.43. The summed E-state index contributed by atoms with van der Waals surface area (Å²) in [5.41, 5.74) is -1.70. The van der Waals surface area contributed by atoms with Gasteiger partial charge in [-0.2, -0.15) is 5.10 Å². The van der Waals surface area contributed by atoms with E-state index < -0.39 is 22.5 Å². The molecule has 5 nitrogen and oxygen atoms in total. The lowest BCUT2D eigenvalue weighted by Gasteiger charge is -2.37. The van der Waals surface area contributed by atoms with Crippen molar-refractivity contribution in [3.63, 3.8) is 0 Å². The zero-order valence-corrected chi connectivity index (χ0v) is 14.4. The third kappa shape index (κ3) is 3.33. The molecule has 3 rings (SSSR count). The smallest absolute Gasteiger partial charge is 0.202 e. The highest BCUT2D eigenvalue weighted by Crippen LogP contribution is 2.42. The average Bonchev–Trinajstić information content (AvgIpc) is 3.03. The molecule has 1 aromatic heterocycles. The lowest BCUT2D eigenvalue weighted by atomic mass is 9.90. The van der Waals surface area contributed by atoms with Crippen molar-refractivity contribution in [2.24, 2.45) is 0 Å². The van der Waals surface area contributed by atoms with E-state index in [0.717, 1.165) is 12.1 Å².